The van der Waals surface area contributed by atoms with Gasteiger partial charge in [-0.3, -0.25) is 4.99 Å². The number of aliphatic imine (C=N–C) groups is 1. The first-order valence-corrected chi connectivity index (χ1v) is 6.61. The number of guanidine groups is 1. The Balaban J connectivity index is 0.00000162. The van der Waals surface area contributed by atoms with Gasteiger partial charge in [-0.25, -0.2) is 0 Å². The number of likely N-dealkylation sites (N-methyl/N-ethyl adjacent to an activating group) is 1. The second-order valence-corrected chi connectivity index (χ2v) is 6.29. The van der Waals surface area contributed by atoms with Crippen molar-refractivity contribution in [1.29, 1.82) is 0 Å². The maximum absolute atomic E-state index is 4.38. The lowest BCUT2D eigenvalue weighted by Gasteiger charge is -2.14. The number of rotatable bonds is 2. The molecule has 5 nitrogen and oxygen atoms in total. The summed E-state index contributed by atoms with van der Waals surface area (Å²) >= 11 is 1.67. The molecule has 0 bridgehead atoms. The first-order valence-electron chi connectivity index (χ1n) is 5.79. The number of nitrogens with zero attached hydrogens (tertiary/aromatic N) is 4. The summed E-state index contributed by atoms with van der Waals surface area (Å²) in [7, 11) is 2.04. The molecule has 18 heavy (non-hydrogen) atoms. The van der Waals surface area contributed by atoms with Gasteiger partial charge in [0.2, 0.25) is 0 Å². The van der Waals surface area contributed by atoms with Crippen LogP contribution in [0.2, 0.25) is 0 Å². The average Bonchev–Trinajstić information content (AvgIpc) is 2.82. The van der Waals surface area contributed by atoms with E-state index in [2.05, 4.69) is 46.2 Å². The van der Waals surface area contributed by atoms with Crippen molar-refractivity contribution in [2.45, 2.75) is 32.7 Å². The van der Waals surface area contributed by atoms with Crippen LogP contribution < -0.4 is 5.32 Å². The summed E-state index contributed by atoms with van der Waals surface area (Å²) in [5.41, 5.74) is 0.0809. The smallest absolute Gasteiger partial charge is 0.194 e. The predicted octanol–water partition coefficient (Wildman–Crippen LogP) is 1.84. The molecule has 1 aromatic heterocycles. The maximum atomic E-state index is 4.38. The fourth-order valence-corrected chi connectivity index (χ4v) is 2.34. The van der Waals surface area contributed by atoms with E-state index in [0.29, 0.717) is 6.54 Å². The third-order valence-electron chi connectivity index (χ3n) is 2.56. The zero-order valence-electron chi connectivity index (χ0n) is 11.2. The summed E-state index contributed by atoms with van der Waals surface area (Å²) in [5.74, 6) is 0.956. The van der Waals surface area contributed by atoms with Gasteiger partial charge < -0.3 is 10.2 Å². The molecule has 0 aliphatic carbocycles. The second kappa shape index (κ2) is 6.14. The number of hydrogen-bond donors (Lipinski definition) is 1. The minimum atomic E-state index is 0. The Morgan fingerprint density at radius 3 is 2.56 bits per heavy atom. The van der Waals surface area contributed by atoms with Gasteiger partial charge in [-0.2, -0.15) is 0 Å². The second-order valence-electron chi connectivity index (χ2n) is 5.23. The lowest BCUT2D eigenvalue weighted by molar-refractivity contribution is 0.533. The summed E-state index contributed by atoms with van der Waals surface area (Å²) in [4.78, 5) is 6.49. The third kappa shape index (κ3) is 3.78. The van der Waals surface area contributed by atoms with Gasteiger partial charge in [0.25, 0.3) is 0 Å². The summed E-state index contributed by atoms with van der Waals surface area (Å²) in [6.45, 7) is 9.03. The van der Waals surface area contributed by atoms with Crippen molar-refractivity contribution in [2.75, 3.05) is 20.1 Å². The minimum Gasteiger partial charge on any atom is -0.350 e. The molecule has 0 fully saturated rings. The largest absolute Gasteiger partial charge is 0.350 e. The fourth-order valence-electron chi connectivity index (χ4n) is 1.51. The lowest BCUT2D eigenvalue weighted by Crippen LogP contribution is -2.35. The molecule has 0 saturated carbocycles. The average molecular weight is 381 g/mol. The molecule has 1 aliphatic rings. The van der Waals surface area contributed by atoms with Crippen molar-refractivity contribution in [1.82, 2.24) is 20.4 Å². The minimum absolute atomic E-state index is 0. The normalized spacial score (nSPS) is 15.3. The molecule has 2 heterocycles. The van der Waals surface area contributed by atoms with Crippen LogP contribution in [-0.2, 0) is 12.0 Å². The molecule has 0 radical (unpaired) electrons. The molecule has 0 unspecified atom stereocenters. The van der Waals surface area contributed by atoms with Gasteiger partial charge in [0, 0.05) is 19.0 Å². The summed E-state index contributed by atoms with van der Waals surface area (Å²) in [6, 6.07) is 0. The summed E-state index contributed by atoms with van der Waals surface area (Å²) in [6.07, 6.45) is 0. The SMILES string of the molecule is CN1CCN=C1NCc1nnc(C(C)(C)C)s1.I. The molecule has 0 spiro atoms. The monoisotopic (exact) mass is 381 g/mol. The molecular formula is C11H20IN5S. The van der Waals surface area contributed by atoms with Gasteiger partial charge in [-0.05, 0) is 0 Å². The molecule has 0 amide bonds. The Hall–Kier alpha value is -0.440. The van der Waals surface area contributed by atoms with E-state index >= 15 is 0 Å². The van der Waals surface area contributed by atoms with E-state index in [-0.39, 0.29) is 29.4 Å². The van der Waals surface area contributed by atoms with Crippen LogP contribution in [0.3, 0.4) is 0 Å². The Morgan fingerprint density at radius 1 is 1.33 bits per heavy atom. The molecule has 0 aromatic carbocycles. The van der Waals surface area contributed by atoms with E-state index in [1.54, 1.807) is 11.3 Å². The van der Waals surface area contributed by atoms with Gasteiger partial charge in [0.15, 0.2) is 5.96 Å². The first-order chi connectivity index (χ1) is 7.97. The zero-order chi connectivity index (χ0) is 12.5. The van der Waals surface area contributed by atoms with Gasteiger partial charge in [-0.1, -0.05) is 32.1 Å². The molecule has 7 heteroatoms. The molecule has 102 valence electrons. The summed E-state index contributed by atoms with van der Waals surface area (Å²) < 4.78 is 0. The molecular weight excluding hydrogens is 361 g/mol. The Kier molecular flexibility index (Phi) is 5.32. The highest BCUT2D eigenvalue weighted by Gasteiger charge is 2.19. The van der Waals surface area contributed by atoms with E-state index in [4.69, 9.17) is 0 Å². The van der Waals surface area contributed by atoms with Gasteiger partial charge >= 0.3 is 0 Å². The van der Waals surface area contributed by atoms with Crippen LogP contribution >= 0.6 is 35.3 Å². The van der Waals surface area contributed by atoms with Crippen LogP contribution in [0.4, 0.5) is 0 Å². The van der Waals surface area contributed by atoms with Crippen molar-refractivity contribution in [3.63, 3.8) is 0 Å². The highest BCUT2D eigenvalue weighted by molar-refractivity contribution is 14.0. The lowest BCUT2D eigenvalue weighted by atomic mass is 9.98. The van der Waals surface area contributed by atoms with Crippen LogP contribution in [0.1, 0.15) is 30.8 Å². The Bertz CT molecular complexity index is 423. The Labute approximate surface area is 129 Å². The molecule has 2 rings (SSSR count). The quantitative estimate of drug-likeness (QED) is 0.795. The molecule has 0 saturated heterocycles. The van der Waals surface area contributed by atoms with Crippen molar-refractivity contribution < 1.29 is 0 Å². The van der Waals surface area contributed by atoms with Crippen molar-refractivity contribution in [2.24, 2.45) is 4.99 Å². The van der Waals surface area contributed by atoms with Crippen LogP contribution in [-0.4, -0.2) is 41.2 Å². The fraction of sp³-hybridized carbons (Fsp3) is 0.727. The van der Waals surface area contributed by atoms with Crippen molar-refractivity contribution >= 4 is 41.3 Å². The molecule has 0 atom stereocenters. The number of halogens is 1. The predicted molar refractivity (Wildman–Crippen MR) is 85.8 cm³/mol. The van der Waals surface area contributed by atoms with E-state index in [1.165, 1.54) is 0 Å². The summed E-state index contributed by atoms with van der Waals surface area (Å²) in [5, 5.41) is 13.8. The maximum Gasteiger partial charge on any atom is 0.194 e. The molecule has 1 aromatic rings. The van der Waals surface area contributed by atoms with Crippen LogP contribution in [0, 0.1) is 0 Å². The first kappa shape index (κ1) is 15.6. The highest BCUT2D eigenvalue weighted by Crippen LogP contribution is 2.25. The van der Waals surface area contributed by atoms with E-state index < -0.39 is 0 Å². The van der Waals surface area contributed by atoms with Gasteiger partial charge in [0.1, 0.15) is 10.0 Å². The van der Waals surface area contributed by atoms with E-state index in [1.807, 2.05) is 7.05 Å². The number of aromatic nitrogens is 2. The molecule has 1 aliphatic heterocycles. The van der Waals surface area contributed by atoms with Crippen molar-refractivity contribution in [3.05, 3.63) is 10.0 Å². The van der Waals surface area contributed by atoms with Gasteiger partial charge in [0.05, 0.1) is 13.1 Å². The number of hydrogen-bond acceptors (Lipinski definition) is 6. The standard InChI is InChI=1S/C11H19N5S.HI/c1-11(2,3)9-15-14-8(17-9)7-13-10-12-5-6-16(10)4;/h5-7H2,1-4H3,(H,12,13);1H. The van der Waals surface area contributed by atoms with E-state index in [0.717, 1.165) is 29.1 Å². The topological polar surface area (TPSA) is 53.4 Å². The molecule has 1 N–H and O–H groups in total. The van der Waals surface area contributed by atoms with Crippen LogP contribution in [0.15, 0.2) is 4.99 Å². The number of nitrogens with one attached hydrogen (secondary N) is 1. The third-order valence-corrected chi connectivity index (χ3v) is 3.91. The van der Waals surface area contributed by atoms with Crippen LogP contribution in [0.25, 0.3) is 0 Å². The zero-order valence-corrected chi connectivity index (χ0v) is 14.4. The van der Waals surface area contributed by atoms with Gasteiger partial charge in [-0.15, -0.1) is 34.2 Å². The highest BCUT2D eigenvalue weighted by atomic mass is 127. The van der Waals surface area contributed by atoms with Crippen LogP contribution in [0.5, 0.6) is 0 Å². The van der Waals surface area contributed by atoms with E-state index in [9.17, 15) is 0 Å². The van der Waals surface area contributed by atoms with Crippen molar-refractivity contribution in [3.8, 4) is 0 Å². The Morgan fingerprint density at radius 2 is 2.06 bits per heavy atom.